The highest BCUT2D eigenvalue weighted by atomic mass is 79.9. The van der Waals surface area contributed by atoms with Crippen LogP contribution in [0.3, 0.4) is 0 Å². The number of halogens is 3. The van der Waals surface area contributed by atoms with E-state index in [1.165, 1.54) is 17.4 Å². The summed E-state index contributed by atoms with van der Waals surface area (Å²) in [7, 11) is 0. The molecule has 0 saturated carbocycles. The number of nitrogens with zero attached hydrogens (tertiary/aromatic N) is 1. The molecule has 2 rings (SSSR count). The molecule has 1 atom stereocenters. The lowest BCUT2D eigenvalue weighted by Gasteiger charge is -2.15. The second kappa shape index (κ2) is 6.68. The monoisotopic (exact) mass is 363 g/mol. The summed E-state index contributed by atoms with van der Waals surface area (Å²) < 4.78 is 19.4. The summed E-state index contributed by atoms with van der Waals surface area (Å²) in [5.41, 5.74) is 0.851. The summed E-state index contributed by atoms with van der Waals surface area (Å²) in [5.74, 6) is 0.705. The van der Waals surface area contributed by atoms with E-state index in [1.54, 1.807) is 12.1 Å². The zero-order valence-electron chi connectivity index (χ0n) is 10.2. The number of alkyl halides is 1. The Balaban J connectivity index is 2.16. The number of hydrogen-bond donors (Lipinski definition) is 0. The molecule has 1 heterocycles. The van der Waals surface area contributed by atoms with Crippen molar-refractivity contribution in [1.82, 2.24) is 4.98 Å². The maximum atomic E-state index is 13.2. The Hall–Kier alpha value is -0.650. The van der Waals surface area contributed by atoms with Crippen LogP contribution in [0.1, 0.15) is 30.2 Å². The second-order valence-electron chi connectivity index (χ2n) is 3.90. The first-order chi connectivity index (χ1) is 9.13. The van der Waals surface area contributed by atoms with E-state index in [4.69, 9.17) is 16.3 Å². The Morgan fingerprint density at radius 3 is 2.89 bits per heavy atom. The molecule has 0 aliphatic heterocycles. The van der Waals surface area contributed by atoms with E-state index in [0.717, 1.165) is 17.1 Å². The molecule has 0 bridgehead atoms. The van der Waals surface area contributed by atoms with Gasteiger partial charge in [0.2, 0.25) is 0 Å². The van der Waals surface area contributed by atoms with Crippen molar-refractivity contribution in [1.29, 1.82) is 0 Å². The van der Waals surface area contributed by atoms with Crippen molar-refractivity contribution >= 4 is 38.9 Å². The van der Waals surface area contributed by atoms with Gasteiger partial charge in [-0.05, 0) is 40.5 Å². The lowest BCUT2D eigenvalue weighted by atomic mass is 10.2. The van der Waals surface area contributed by atoms with Crippen molar-refractivity contribution in [2.24, 2.45) is 0 Å². The lowest BCUT2D eigenvalue weighted by molar-refractivity contribution is 0.200. The van der Waals surface area contributed by atoms with Crippen molar-refractivity contribution in [3.05, 3.63) is 44.6 Å². The van der Waals surface area contributed by atoms with Gasteiger partial charge in [0.05, 0.1) is 16.0 Å². The molecule has 2 aromatic rings. The average molecular weight is 365 g/mol. The Labute approximate surface area is 128 Å². The maximum absolute atomic E-state index is 13.2. The molecule has 102 valence electrons. The lowest BCUT2D eigenvalue weighted by Crippen LogP contribution is -2.06. The molecule has 0 saturated heterocycles. The SMILES string of the molecule is CCC(Oc1ccc(F)c(Br)c1)c1nc(CCl)cs1. The van der Waals surface area contributed by atoms with Gasteiger partial charge in [0.15, 0.2) is 0 Å². The minimum atomic E-state index is -0.306. The van der Waals surface area contributed by atoms with Gasteiger partial charge in [-0.2, -0.15) is 0 Å². The first-order valence-corrected chi connectivity index (χ1v) is 7.96. The Morgan fingerprint density at radius 2 is 2.32 bits per heavy atom. The Kier molecular flexibility index (Phi) is 5.19. The summed E-state index contributed by atoms with van der Waals surface area (Å²) in [4.78, 5) is 4.41. The number of hydrogen-bond acceptors (Lipinski definition) is 3. The molecule has 0 amide bonds. The normalized spacial score (nSPS) is 12.4. The largest absolute Gasteiger partial charge is 0.483 e. The molecule has 0 N–H and O–H groups in total. The summed E-state index contributed by atoms with van der Waals surface area (Å²) in [6.07, 6.45) is 0.642. The first kappa shape index (κ1) is 14.8. The molecule has 19 heavy (non-hydrogen) atoms. The van der Waals surface area contributed by atoms with Gasteiger partial charge < -0.3 is 4.74 Å². The first-order valence-electron chi connectivity index (χ1n) is 5.76. The summed E-state index contributed by atoms with van der Waals surface area (Å²) in [6, 6.07) is 4.60. The smallest absolute Gasteiger partial charge is 0.150 e. The number of aromatic nitrogens is 1. The maximum Gasteiger partial charge on any atom is 0.150 e. The van der Waals surface area contributed by atoms with Crippen molar-refractivity contribution in [2.75, 3.05) is 0 Å². The molecule has 0 radical (unpaired) electrons. The van der Waals surface area contributed by atoms with Gasteiger partial charge in [0, 0.05) is 5.38 Å². The fourth-order valence-corrected chi connectivity index (χ4v) is 3.07. The predicted molar refractivity (Wildman–Crippen MR) is 79.4 cm³/mol. The van der Waals surface area contributed by atoms with Crippen molar-refractivity contribution in [3.8, 4) is 5.75 Å². The summed E-state index contributed by atoms with van der Waals surface area (Å²) >= 11 is 10.4. The predicted octanol–water partition coefficient (Wildman–Crippen LogP) is 5.31. The van der Waals surface area contributed by atoms with Gasteiger partial charge in [-0.1, -0.05) is 6.92 Å². The van der Waals surface area contributed by atoms with E-state index in [0.29, 0.717) is 16.1 Å². The molecule has 2 nitrogen and oxygen atoms in total. The average Bonchev–Trinajstić information content (AvgIpc) is 2.88. The highest BCUT2D eigenvalue weighted by Crippen LogP contribution is 2.29. The number of ether oxygens (including phenoxy) is 1. The molecular weight excluding hydrogens is 353 g/mol. The third kappa shape index (κ3) is 3.68. The van der Waals surface area contributed by atoms with E-state index in [-0.39, 0.29) is 11.9 Å². The molecule has 0 fully saturated rings. The molecule has 1 unspecified atom stereocenters. The molecule has 0 spiro atoms. The van der Waals surface area contributed by atoms with Crippen LogP contribution < -0.4 is 4.74 Å². The van der Waals surface area contributed by atoms with Crippen LogP contribution in [-0.4, -0.2) is 4.98 Å². The van der Waals surface area contributed by atoms with Crippen LogP contribution in [0.15, 0.2) is 28.1 Å². The van der Waals surface area contributed by atoms with E-state index in [1.807, 2.05) is 12.3 Å². The third-order valence-electron chi connectivity index (χ3n) is 2.52. The van der Waals surface area contributed by atoms with Crippen molar-refractivity contribution in [2.45, 2.75) is 25.3 Å². The van der Waals surface area contributed by atoms with Gasteiger partial charge in [-0.15, -0.1) is 22.9 Å². The minimum Gasteiger partial charge on any atom is -0.483 e. The van der Waals surface area contributed by atoms with E-state index < -0.39 is 0 Å². The van der Waals surface area contributed by atoms with E-state index >= 15 is 0 Å². The van der Waals surface area contributed by atoms with Crippen LogP contribution in [0.5, 0.6) is 5.75 Å². The molecule has 0 aliphatic rings. The fourth-order valence-electron chi connectivity index (χ4n) is 1.55. The van der Waals surface area contributed by atoms with E-state index in [2.05, 4.69) is 20.9 Å². The van der Waals surface area contributed by atoms with Gasteiger partial charge >= 0.3 is 0 Å². The zero-order valence-corrected chi connectivity index (χ0v) is 13.4. The minimum absolute atomic E-state index is 0.140. The second-order valence-corrected chi connectivity index (χ2v) is 5.91. The Morgan fingerprint density at radius 1 is 1.53 bits per heavy atom. The Bertz CT molecular complexity index is 563. The van der Waals surface area contributed by atoms with E-state index in [9.17, 15) is 4.39 Å². The van der Waals surface area contributed by atoms with Crippen LogP contribution in [0.25, 0.3) is 0 Å². The number of rotatable bonds is 5. The fraction of sp³-hybridized carbons (Fsp3) is 0.308. The van der Waals surface area contributed by atoms with Crippen molar-refractivity contribution < 1.29 is 9.13 Å². The van der Waals surface area contributed by atoms with Gasteiger partial charge in [-0.25, -0.2) is 9.37 Å². The third-order valence-corrected chi connectivity index (χ3v) is 4.39. The van der Waals surface area contributed by atoms with Crippen LogP contribution in [0.4, 0.5) is 4.39 Å². The zero-order chi connectivity index (χ0) is 13.8. The topological polar surface area (TPSA) is 22.1 Å². The van der Waals surface area contributed by atoms with Crippen LogP contribution in [0.2, 0.25) is 0 Å². The highest BCUT2D eigenvalue weighted by molar-refractivity contribution is 9.10. The number of thiazole rings is 1. The number of benzene rings is 1. The molecule has 1 aromatic heterocycles. The highest BCUT2D eigenvalue weighted by Gasteiger charge is 2.16. The molecule has 6 heteroatoms. The van der Waals surface area contributed by atoms with Crippen LogP contribution in [-0.2, 0) is 5.88 Å². The quantitative estimate of drug-likeness (QED) is 0.670. The molecule has 0 aliphatic carbocycles. The summed E-state index contributed by atoms with van der Waals surface area (Å²) in [6.45, 7) is 2.02. The van der Waals surface area contributed by atoms with Gasteiger partial charge in [-0.3, -0.25) is 0 Å². The van der Waals surface area contributed by atoms with Crippen molar-refractivity contribution in [3.63, 3.8) is 0 Å². The molecule has 1 aromatic carbocycles. The van der Waals surface area contributed by atoms with Gasteiger partial charge in [0.25, 0.3) is 0 Å². The molecular formula is C13H12BrClFNOS. The summed E-state index contributed by atoms with van der Waals surface area (Å²) in [5, 5.41) is 2.81. The van der Waals surface area contributed by atoms with Crippen LogP contribution in [0, 0.1) is 5.82 Å². The van der Waals surface area contributed by atoms with Gasteiger partial charge in [0.1, 0.15) is 22.7 Å². The standard InChI is InChI=1S/C13H12BrClFNOS/c1-2-12(13-17-8(6-15)7-19-13)18-9-3-4-11(16)10(14)5-9/h3-5,7,12H,2,6H2,1H3. The van der Waals surface area contributed by atoms with Crippen LogP contribution >= 0.6 is 38.9 Å².